The largest absolute Gasteiger partial charge is 0.366 e. The number of primary amides is 1. The van der Waals surface area contributed by atoms with Crippen molar-refractivity contribution < 1.29 is 4.79 Å². The van der Waals surface area contributed by atoms with Gasteiger partial charge in [-0.2, -0.15) is 0 Å². The van der Waals surface area contributed by atoms with Gasteiger partial charge in [0.2, 0.25) is 5.95 Å². The van der Waals surface area contributed by atoms with Gasteiger partial charge in [-0.05, 0) is 56.6 Å². The van der Waals surface area contributed by atoms with E-state index in [9.17, 15) is 4.79 Å². The number of nitrogens with one attached hydrogen (secondary N) is 1. The van der Waals surface area contributed by atoms with Crippen LogP contribution in [0.5, 0.6) is 0 Å². The number of hydrogen-bond acceptors (Lipinski definition) is 5. The van der Waals surface area contributed by atoms with Crippen LogP contribution < -0.4 is 16.0 Å². The number of carbonyl (C=O) groups excluding carboxylic acids is 1. The van der Waals surface area contributed by atoms with Gasteiger partial charge in [0, 0.05) is 31.5 Å². The molecule has 0 radical (unpaired) electrons. The number of nitrogens with zero attached hydrogens (tertiary/aromatic N) is 3. The molecular formula is C31H27N5O. The Morgan fingerprint density at radius 2 is 1.30 bits per heavy atom. The van der Waals surface area contributed by atoms with E-state index in [-0.39, 0.29) is 6.04 Å². The van der Waals surface area contributed by atoms with Crippen LogP contribution in [0.4, 0.5) is 5.95 Å². The van der Waals surface area contributed by atoms with Crippen molar-refractivity contribution in [2.24, 2.45) is 17.6 Å². The number of benzene rings is 4. The first kappa shape index (κ1) is 21.9. The highest BCUT2D eigenvalue weighted by atomic mass is 16.1. The summed E-state index contributed by atoms with van der Waals surface area (Å²) in [5.74, 6) is 1.25. The van der Waals surface area contributed by atoms with Gasteiger partial charge in [-0.1, -0.05) is 72.8 Å². The number of rotatable bonds is 6. The lowest BCUT2D eigenvalue weighted by Gasteiger charge is -2.25. The van der Waals surface area contributed by atoms with Gasteiger partial charge in [0.05, 0.1) is 11.6 Å². The van der Waals surface area contributed by atoms with E-state index in [0.29, 0.717) is 29.4 Å². The fraction of sp³-hybridized carbons (Fsp3) is 0.194. The molecule has 2 atom stereocenters. The summed E-state index contributed by atoms with van der Waals surface area (Å²) in [7, 11) is 0. The summed E-state index contributed by atoms with van der Waals surface area (Å²) in [5.41, 5.74) is 8.22. The Morgan fingerprint density at radius 3 is 1.81 bits per heavy atom. The highest BCUT2D eigenvalue weighted by molar-refractivity contribution is 5.92. The zero-order valence-electron chi connectivity index (χ0n) is 20.3. The number of hydrogen-bond donors (Lipinski definition) is 2. The lowest BCUT2D eigenvalue weighted by atomic mass is 9.94. The predicted octanol–water partition coefficient (Wildman–Crippen LogP) is 4.70. The van der Waals surface area contributed by atoms with Gasteiger partial charge < -0.3 is 16.0 Å². The Labute approximate surface area is 215 Å². The second-order valence-corrected chi connectivity index (χ2v) is 10.2. The van der Waals surface area contributed by atoms with E-state index in [2.05, 4.69) is 105 Å². The average Bonchev–Trinajstić information content (AvgIpc) is 3.37. The third-order valence-corrected chi connectivity index (χ3v) is 7.97. The Bertz CT molecular complexity index is 1540. The van der Waals surface area contributed by atoms with Crippen LogP contribution in [0.15, 0.2) is 97.3 Å². The smallest absolute Gasteiger partial charge is 0.251 e. The Kier molecular flexibility index (Phi) is 5.15. The molecular weight excluding hydrogens is 458 g/mol. The van der Waals surface area contributed by atoms with Crippen LogP contribution in [0, 0.1) is 11.8 Å². The summed E-state index contributed by atoms with van der Waals surface area (Å²) >= 11 is 0. The molecule has 1 aliphatic heterocycles. The minimum atomic E-state index is -0.506. The predicted molar refractivity (Wildman–Crippen MR) is 146 cm³/mol. The first-order chi connectivity index (χ1) is 18.1. The molecule has 1 saturated heterocycles. The van der Waals surface area contributed by atoms with Crippen molar-refractivity contribution in [1.29, 1.82) is 0 Å². The van der Waals surface area contributed by atoms with E-state index in [1.54, 1.807) is 0 Å². The average molecular weight is 486 g/mol. The number of fused-ring (bicyclic) bond motifs is 3. The molecule has 4 aromatic carbocycles. The molecule has 1 aliphatic carbocycles. The second-order valence-electron chi connectivity index (χ2n) is 10.2. The molecule has 6 heteroatoms. The van der Waals surface area contributed by atoms with E-state index in [0.717, 1.165) is 13.1 Å². The lowest BCUT2D eigenvalue weighted by Crippen LogP contribution is -2.34. The fourth-order valence-electron chi connectivity index (χ4n) is 5.90. The van der Waals surface area contributed by atoms with Crippen LogP contribution in [0.3, 0.4) is 0 Å². The lowest BCUT2D eigenvalue weighted by molar-refractivity contribution is 0.0999. The molecule has 1 aromatic heterocycles. The van der Waals surface area contributed by atoms with Gasteiger partial charge in [-0.3, -0.25) is 4.79 Å². The summed E-state index contributed by atoms with van der Waals surface area (Å²) in [6, 6.07) is 31.2. The zero-order chi connectivity index (χ0) is 24.9. The zero-order valence-corrected chi connectivity index (χ0v) is 20.3. The normalized spacial score (nSPS) is 20.5. The van der Waals surface area contributed by atoms with Gasteiger partial charge in [0.15, 0.2) is 0 Å². The minimum Gasteiger partial charge on any atom is -0.366 e. The van der Waals surface area contributed by atoms with Crippen molar-refractivity contribution in [2.45, 2.75) is 12.1 Å². The van der Waals surface area contributed by atoms with Crippen LogP contribution in [0.1, 0.15) is 27.5 Å². The Balaban J connectivity index is 1.16. The van der Waals surface area contributed by atoms with E-state index < -0.39 is 5.91 Å². The van der Waals surface area contributed by atoms with Crippen molar-refractivity contribution in [2.75, 3.05) is 18.0 Å². The number of anilines is 1. The van der Waals surface area contributed by atoms with Gasteiger partial charge in [0.25, 0.3) is 5.91 Å². The molecule has 1 saturated carbocycles. The first-order valence-electron chi connectivity index (χ1n) is 12.7. The number of amides is 1. The summed E-state index contributed by atoms with van der Waals surface area (Å²) in [5, 5.41) is 9.04. The number of carbonyl (C=O) groups is 1. The Morgan fingerprint density at radius 1 is 0.784 bits per heavy atom. The standard InChI is InChI=1S/C31H27N5O/c32-30(37)25-15-33-31(34-16-25)36-17-26-27(18-36)29(26)35-28(23-11-9-19-5-1-3-7-21(19)13-23)24-12-10-20-6-2-4-8-22(20)14-24/h1-16,26-29,35H,17-18H2,(H2,32,37). The van der Waals surface area contributed by atoms with Crippen LogP contribution in [0.25, 0.3) is 21.5 Å². The van der Waals surface area contributed by atoms with Crippen molar-refractivity contribution >= 4 is 33.4 Å². The van der Waals surface area contributed by atoms with Crippen LogP contribution in [-0.4, -0.2) is 35.0 Å². The quantitative estimate of drug-likeness (QED) is 0.364. The van der Waals surface area contributed by atoms with Crippen LogP contribution >= 0.6 is 0 Å². The molecule has 2 heterocycles. The van der Waals surface area contributed by atoms with Crippen molar-refractivity contribution in [3.8, 4) is 0 Å². The monoisotopic (exact) mass is 485 g/mol. The number of aromatic nitrogens is 2. The molecule has 0 spiro atoms. The third-order valence-electron chi connectivity index (χ3n) is 7.97. The molecule has 1 amide bonds. The maximum absolute atomic E-state index is 11.3. The first-order valence-corrected chi connectivity index (χ1v) is 12.7. The molecule has 6 nitrogen and oxygen atoms in total. The summed E-state index contributed by atoms with van der Waals surface area (Å²) < 4.78 is 0. The third kappa shape index (κ3) is 3.99. The molecule has 0 bridgehead atoms. The SMILES string of the molecule is NC(=O)c1cnc(N2CC3C(C2)C3NC(c2ccc3ccccc3c2)c2ccc3ccccc3c2)nc1. The van der Waals surface area contributed by atoms with Crippen LogP contribution in [-0.2, 0) is 0 Å². The van der Waals surface area contributed by atoms with Gasteiger partial charge in [-0.25, -0.2) is 9.97 Å². The molecule has 3 N–H and O–H groups in total. The summed E-state index contributed by atoms with van der Waals surface area (Å²) in [6.07, 6.45) is 3.03. The van der Waals surface area contributed by atoms with Crippen molar-refractivity contribution in [1.82, 2.24) is 15.3 Å². The molecule has 182 valence electrons. The highest BCUT2D eigenvalue weighted by Gasteiger charge is 2.56. The van der Waals surface area contributed by atoms with Gasteiger partial charge in [-0.15, -0.1) is 0 Å². The van der Waals surface area contributed by atoms with Gasteiger partial charge >= 0.3 is 0 Å². The topological polar surface area (TPSA) is 84.1 Å². The van der Waals surface area contributed by atoms with E-state index >= 15 is 0 Å². The summed E-state index contributed by atoms with van der Waals surface area (Å²) in [4.78, 5) is 22.3. The molecule has 5 aromatic rings. The highest BCUT2D eigenvalue weighted by Crippen LogP contribution is 2.48. The molecule has 2 fully saturated rings. The van der Waals surface area contributed by atoms with Crippen molar-refractivity contribution in [3.63, 3.8) is 0 Å². The van der Waals surface area contributed by atoms with E-state index in [4.69, 9.17) is 5.73 Å². The maximum atomic E-state index is 11.3. The van der Waals surface area contributed by atoms with E-state index in [1.807, 2.05) is 0 Å². The minimum absolute atomic E-state index is 0.101. The molecule has 37 heavy (non-hydrogen) atoms. The summed E-state index contributed by atoms with van der Waals surface area (Å²) in [6.45, 7) is 1.81. The number of nitrogens with two attached hydrogens (primary N) is 1. The Hall–Kier alpha value is -4.29. The van der Waals surface area contributed by atoms with Crippen LogP contribution in [0.2, 0.25) is 0 Å². The molecule has 7 rings (SSSR count). The molecule has 2 unspecified atom stereocenters. The maximum Gasteiger partial charge on any atom is 0.251 e. The second kappa shape index (κ2) is 8.68. The van der Waals surface area contributed by atoms with Gasteiger partial charge in [0.1, 0.15) is 0 Å². The fourth-order valence-corrected chi connectivity index (χ4v) is 5.90. The van der Waals surface area contributed by atoms with Crippen molar-refractivity contribution in [3.05, 3.63) is 114 Å². The number of piperidine rings is 1. The molecule has 2 aliphatic rings. The van der Waals surface area contributed by atoms with E-state index in [1.165, 1.54) is 45.1 Å².